The number of nitrogens with one attached hydrogen (secondary N) is 4. The van der Waals surface area contributed by atoms with Gasteiger partial charge in [-0.25, -0.2) is 0 Å². The van der Waals surface area contributed by atoms with E-state index in [-0.39, 0.29) is 11.8 Å². The highest BCUT2D eigenvalue weighted by Crippen LogP contribution is 2.33. The summed E-state index contributed by atoms with van der Waals surface area (Å²) in [7, 11) is 0. The largest absolute Gasteiger partial charge is 0.385 e. The number of amides is 2. The number of fused-ring (bicyclic) bond motifs is 1. The smallest absolute Gasteiger partial charge is 0.255 e. The fourth-order valence-electron chi connectivity index (χ4n) is 4.77. The molecule has 186 valence electrons. The summed E-state index contributed by atoms with van der Waals surface area (Å²) in [6, 6.07) is 18.4. The minimum Gasteiger partial charge on any atom is -0.385 e. The monoisotopic (exact) mass is 503 g/mol. The summed E-state index contributed by atoms with van der Waals surface area (Å²) in [4.78, 5) is 28.1. The highest BCUT2D eigenvalue weighted by molar-refractivity contribution is 6.30. The van der Waals surface area contributed by atoms with Crippen LogP contribution in [0.2, 0.25) is 5.02 Å². The molecule has 1 fully saturated rings. The van der Waals surface area contributed by atoms with Gasteiger partial charge in [-0.3, -0.25) is 9.59 Å². The first-order chi connectivity index (χ1) is 17.6. The molecule has 5 rings (SSSR count). The van der Waals surface area contributed by atoms with Gasteiger partial charge in [0.2, 0.25) is 0 Å². The van der Waals surface area contributed by atoms with Gasteiger partial charge in [-0.2, -0.15) is 0 Å². The lowest BCUT2D eigenvalue weighted by atomic mass is 10.0. The zero-order valence-corrected chi connectivity index (χ0v) is 20.8. The summed E-state index contributed by atoms with van der Waals surface area (Å²) >= 11 is 6.10. The van der Waals surface area contributed by atoms with Crippen molar-refractivity contribution in [3.8, 4) is 0 Å². The summed E-state index contributed by atoms with van der Waals surface area (Å²) in [6.45, 7) is 4.85. The third-order valence-electron chi connectivity index (χ3n) is 6.64. The van der Waals surface area contributed by atoms with Crippen LogP contribution in [0.3, 0.4) is 0 Å². The Balaban J connectivity index is 1.22. The third-order valence-corrected chi connectivity index (χ3v) is 6.88. The van der Waals surface area contributed by atoms with E-state index in [1.165, 1.54) is 25.9 Å². The summed E-state index contributed by atoms with van der Waals surface area (Å²) in [6.07, 6.45) is 3.72. The van der Waals surface area contributed by atoms with Crippen LogP contribution in [0, 0.1) is 0 Å². The first-order valence-electron chi connectivity index (χ1n) is 12.4. The zero-order chi connectivity index (χ0) is 24.9. The van der Waals surface area contributed by atoms with E-state index < -0.39 is 0 Å². The van der Waals surface area contributed by atoms with Crippen molar-refractivity contribution in [1.82, 2.24) is 10.2 Å². The Morgan fingerprint density at radius 3 is 2.53 bits per heavy atom. The molecule has 0 saturated carbocycles. The second-order valence-corrected chi connectivity index (χ2v) is 9.63. The second-order valence-electron chi connectivity index (χ2n) is 9.19. The zero-order valence-electron chi connectivity index (χ0n) is 20.1. The summed E-state index contributed by atoms with van der Waals surface area (Å²) < 4.78 is 0. The number of likely N-dealkylation sites (tertiary alicyclic amines) is 1. The minimum atomic E-state index is -0.256. The molecule has 2 aliphatic heterocycles. The minimum absolute atomic E-state index is 0.205. The first-order valence-corrected chi connectivity index (χ1v) is 12.8. The average molecular weight is 504 g/mol. The molecule has 0 aromatic heterocycles. The Labute approximate surface area is 216 Å². The SMILES string of the molecule is O=C(Nc1ccc(Nc2cccc(Cl)c2)c2c1C(=O)NC2)c1ccc(NCCCN2CCCC2)cc1. The van der Waals surface area contributed by atoms with E-state index in [4.69, 9.17) is 11.6 Å². The molecule has 2 aliphatic rings. The maximum atomic E-state index is 13.0. The van der Waals surface area contributed by atoms with Gasteiger partial charge in [0.25, 0.3) is 11.8 Å². The molecular formula is C28H30ClN5O2. The average Bonchev–Trinajstić information content (AvgIpc) is 3.54. The van der Waals surface area contributed by atoms with Gasteiger partial charge in [0.05, 0.1) is 11.3 Å². The molecule has 2 amide bonds. The van der Waals surface area contributed by atoms with Crippen LogP contribution in [-0.2, 0) is 6.54 Å². The van der Waals surface area contributed by atoms with Gasteiger partial charge in [0, 0.05) is 46.3 Å². The van der Waals surface area contributed by atoms with Crippen molar-refractivity contribution in [2.45, 2.75) is 25.8 Å². The van der Waals surface area contributed by atoms with Gasteiger partial charge in [-0.05, 0) is 93.5 Å². The highest BCUT2D eigenvalue weighted by Gasteiger charge is 2.26. The Kier molecular flexibility index (Phi) is 7.39. The predicted octanol–water partition coefficient (Wildman–Crippen LogP) is 5.48. The van der Waals surface area contributed by atoms with Crippen molar-refractivity contribution in [3.05, 3.63) is 82.4 Å². The van der Waals surface area contributed by atoms with E-state index in [9.17, 15) is 9.59 Å². The van der Waals surface area contributed by atoms with Crippen LogP contribution in [-0.4, -0.2) is 42.9 Å². The second kappa shape index (κ2) is 11.0. The molecule has 4 N–H and O–H groups in total. The van der Waals surface area contributed by atoms with Crippen molar-refractivity contribution in [2.75, 3.05) is 42.1 Å². The van der Waals surface area contributed by atoms with Crippen LogP contribution in [0.4, 0.5) is 22.7 Å². The Morgan fingerprint density at radius 1 is 0.972 bits per heavy atom. The van der Waals surface area contributed by atoms with Crippen molar-refractivity contribution >= 4 is 46.2 Å². The maximum Gasteiger partial charge on any atom is 0.255 e. The van der Waals surface area contributed by atoms with E-state index >= 15 is 0 Å². The molecule has 0 aliphatic carbocycles. The van der Waals surface area contributed by atoms with Crippen LogP contribution < -0.4 is 21.3 Å². The van der Waals surface area contributed by atoms with Crippen LogP contribution in [0.15, 0.2) is 60.7 Å². The molecule has 3 aromatic carbocycles. The predicted molar refractivity (Wildman–Crippen MR) is 146 cm³/mol. The molecule has 0 atom stereocenters. The van der Waals surface area contributed by atoms with E-state index in [1.807, 2.05) is 36.4 Å². The summed E-state index contributed by atoms with van der Waals surface area (Å²) in [5, 5.41) is 13.1. The van der Waals surface area contributed by atoms with E-state index in [2.05, 4.69) is 26.2 Å². The number of benzene rings is 3. The Hall–Kier alpha value is -3.55. The molecule has 2 heterocycles. The normalized spacial score (nSPS) is 14.9. The molecule has 0 unspecified atom stereocenters. The third kappa shape index (κ3) is 5.64. The number of carbonyl (C=O) groups excluding carboxylic acids is 2. The number of nitrogens with zero attached hydrogens (tertiary/aromatic N) is 1. The molecule has 1 saturated heterocycles. The molecular weight excluding hydrogens is 474 g/mol. The van der Waals surface area contributed by atoms with Crippen LogP contribution in [0.1, 0.15) is 45.5 Å². The number of hydrogen-bond donors (Lipinski definition) is 4. The quantitative estimate of drug-likeness (QED) is 0.291. The lowest BCUT2D eigenvalue weighted by Gasteiger charge is -2.15. The molecule has 36 heavy (non-hydrogen) atoms. The van der Waals surface area contributed by atoms with Crippen molar-refractivity contribution in [3.63, 3.8) is 0 Å². The number of rotatable bonds is 9. The fraction of sp³-hybridized carbons (Fsp3) is 0.286. The van der Waals surface area contributed by atoms with Gasteiger partial charge in [-0.15, -0.1) is 0 Å². The van der Waals surface area contributed by atoms with Crippen LogP contribution in [0.5, 0.6) is 0 Å². The lowest BCUT2D eigenvalue weighted by Crippen LogP contribution is -2.22. The lowest BCUT2D eigenvalue weighted by molar-refractivity contribution is 0.0966. The molecule has 0 spiro atoms. The fourth-order valence-corrected chi connectivity index (χ4v) is 4.96. The number of halogens is 1. The number of hydrogen-bond acceptors (Lipinski definition) is 5. The molecule has 0 bridgehead atoms. The number of carbonyl (C=O) groups is 2. The van der Waals surface area contributed by atoms with Crippen molar-refractivity contribution < 1.29 is 9.59 Å². The Morgan fingerprint density at radius 2 is 1.75 bits per heavy atom. The van der Waals surface area contributed by atoms with Crippen LogP contribution in [0.25, 0.3) is 0 Å². The van der Waals surface area contributed by atoms with Gasteiger partial charge in [-0.1, -0.05) is 17.7 Å². The van der Waals surface area contributed by atoms with Crippen molar-refractivity contribution in [1.29, 1.82) is 0 Å². The van der Waals surface area contributed by atoms with Crippen LogP contribution >= 0.6 is 11.6 Å². The molecule has 3 aromatic rings. The van der Waals surface area contributed by atoms with E-state index in [1.54, 1.807) is 24.3 Å². The van der Waals surface area contributed by atoms with E-state index in [0.717, 1.165) is 42.1 Å². The van der Waals surface area contributed by atoms with E-state index in [0.29, 0.717) is 28.4 Å². The van der Waals surface area contributed by atoms with Crippen molar-refractivity contribution in [2.24, 2.45) is 0 Å². The van der Waals surface area contributed by atoms with Gasteiger partial charge in [0.1, 0.15) is 0 Å². The first kappa shape index (κ1) is 24.2. The summed E-state index contributed by atoms with van der Waals surface area (Å²) in [5.74, 6) is -0.462. The molecule has 8 heteroatoms. The standard InChI is InChI=1S/C28H30ClN5O2/c29-20-5-3-6-22(17-20)32-24-11-12-25(26-23(24)18-31-28(26)36)33-27(35)19-7-9-21(10-8-19)30-13-4-16-34-14-1-2-15-34/h3,5-12,17,30,32H,1-2,4,13-16,18H2,(H,31,36)(H,33,35). The summed E-state index contributed by atoms with van der Waals surface area (Å²) in [5.41, 5.74) is 4.92. The Bertz CT molecular complexity index is 1260. The topological polar surface area (TPSA) is 85.5 Å². The molecule has 0 radical (unpaired) electrons. The maximum absolute atomic E-state index is 13.0. The van der Waals surface area contributed by atoms with Gasteiger partial charge < -0.3 is 26.2 Å². The van der Waals surface area contributed by atoms with Gasteiger partial charge >= 0.3 is 0 Å². The van der Waals surface area contributed by atoms with Gasteiger partial charge in [0.15, 0.2) is 0 Å². The number of anilines is 4. The molecule has 7 nitrogen and oxygen atoms in total. The highest BCUT2D eigenvalue weighted by atomic mass is 35.5.